The number of rotatable bonds is 6. The van der Waals surface area contributed by atoms with Crippen molar-refractivity contribution >= 4 is 23.3 Å². The molecule has 6 nitrogen and oxygen atoms in total. The fraction of sp³-hybridized carbons (Fsp3) is 0.233. The summed E-state index contributed by atoms with van der Waals surface area (Å²) in [5, 5.41) is 9.08. The summed E-state index contributed by atoms with van der Waals surface area (Å²) in [7, 11) is 0. The molecule has 6 rings (SSSR count). The molecule has 2 heterocycles. The molecule has 1 saturated carbocycles. The molecule has 0 saturated heterocycles. The summed E-state index contributed by atoms with van der Waals surface area (Å²) < 4.78 is 46.8. The molecule has 10 heteroatoms. The number of benzene rings is 2. The number of hydrogen-bond acceptors (Lipinski definition) is 5. The normalized spacial score (nSPS) is 14.4. The maximum Gasteiger partial charge on any atom is 0.401 e. The lowest BCUT2D eigenvalue weighted by Crippen LogP contribution is -2.24. The zero-order chi connectivity index (χ0) is 28.4. The molecule has 1 fully saturated rings. The zero-order valence-corrected chi connectivity index (χ0v) is 21.9. The van der Waals surface area contributed by atoms with Gasteiger partial charge in [-0.3, -0.25) is 4.98 Å². The molecule has 0 radical (unpaired) electrons. The first kappa shape index (κ1) is 27.5. The Morgan fingerprint density at radius 3 is 2.50 bits per heavy atom. The number of aromatic carboxylic acids is 1. The van der Waals surface area contributed by atoms with Crippen molar-refractivity contribution in [1.29, 1.82) is 0 Å². The van der Waals surface area contributed by atoms with Crippen LogP contribution in [0, 0.1) is 5.92 Å². The second kappa shape index (κ2) is 11.2. The zero-order valence-electron chi connectivity index (χ0n) is 21.2. The third kappa shape index (κ3) is 5.89. The van der Waals surface area contributed by atoms with Gasteiger partial charge in [-0.05, 0) is 58.7 Å². The third-order valence-corrected chi connectivity index (χ3v) is 7.18. The molecule has 1 atom stereocenters. The molecule has 2 aliphatic rings. The molecule has 206 valence electrons. The van der Waals surface area contributed by atoms with Gasteiger partial charge in [-0.2, -0.15) is 13.2 Å². The lowest BCUT2D eigenvalue weighted by Gasteiger charge is -2.23. The van der Waals surface area contributed by atoms with E-state index in [0.717, 1.165) is 22.3 Å². The average Bonchev–Trinajstić information content (AvgIpc) is 3.68. The molecule has 0 spiro atoms. The fourth-order valence-corrected chi connectivity index (χ4v) is 4.85. The summed E-state index contributed by atoms with van der Waals surface area (Å²) in [4.78, 5) is 18.2. The highest BCUT2D eigenvalue weighted by Crippen LogP contribution is 2.47. The van der Waals surface area contributed by atoms with Crippen LogP contribution in [-0.2, 0) is 6.42 Å². The minimum atomic E-state index is -4.47. The van der Waals surface area contributed by atoms with Gasteiger partial charge in [-0.15, -0.1) is 0 Å². The topological polar surface area (TPSA) is 98.3 Å². The van der Waals surface area contributed by atoms with Gasteiger partial charge in [0.15, 0.2) is 5.69 Å². The third-order valence-electron chi connectivity index (χ3n) is 6.90. The lowest BCUT2D eigenvalue weighted by molar-refractivity contribution is -0.141. The van der Waals surface area contributed by atoms with E-state index in [1.807, 2.05) is 24.3 Å². The number of pyridine rings is 2. The summed E-state index contributed by atoms with van der Waals surface area (Å²) in [6.07, 6.45) is 1.10. The molecule has 0 unspecified atom stereocenters. The number of halogens is 4. The van der Waals surface area contributed by atoms with Gasteiger partial charge in [0.25, 0.3) is 0 Å². The smallest absolute Gasteiger partial charge is 0.401 e. The van der Waals surface area contributed by atoms with E-state index in [1.54, 1.807) is 18.2 Å². The van der Waals surface area contributed by atoms with E-state index in [1.165, 1.54) is 43.4 Å². The van der Waals surface area contributed by atoms with E-state index < -0.39 is 18.1 Å². The van der Waals surface area contributed by atoms with Crippen LogP contribution in [0.1, 0.15) is 51.6 Å². The Balaban J connectivity index is 0.000000184. The summed E-state index contributed by atoms with van der Waals surface area (Å²) in [6, 6.07) is 16.9. The highest BCUT2D eigenvalue weighted by Gasteiger charge is 2.44. The van der Waals surface area contributed by atoms with E-state index in [-0.39, 0.29) is 22.6 Å². The number of nitrogens with two attached hydrogens (primary N) is 1. The van der Waals surface area contributed by atoms with Crippen molar-refractivity contribution in [3.8, 4) is 16.9 Å². The summed E-state index contributed by atoms with van der Waals surface area (Å²) in [5.74, 6) is -1.91. The summed E-state index contributed by atoms with van der Waals surface area (Å²) >= 11 is 5.82. The monoisotopic (exact) mass is 567 g/mol. The summed E-state index contributed by atoms with van der Waals surface area (Å²) in [6.45, 7) is 0.600. The molecule has 4 aromatic rings. The van der Waals surface area contributed by atoms with Gasteiger partial charge >= 0.3 is 12.1 Å². The first-order valence-electron chi connectivity index (χ1n) is 12.6. The number of anilines is 1. The Kier molecular flexibility index (Phi) is 7.67. The number of carboxylic acid groups (broad SMARTS) is 1. The number of fused-ring (bicyclic) bond motifs is 3. The summed E-state index contributed by atoms with van der Waals surface area (Å²) in [5.41, 5.74) is 10.2. The van der Waals surface area contributed by atoms with Crippen LogP contribution in [0.3, 0.4) is 0 Å². The number of carbonyl (C=O) groups is 1. The van der Waals surface area contributed by atoms with E-state index in [0.29, 0.717) is 29.7 Å². The minimum absolute atomic E-state index is 0.0443. The molecule has 0 aliphatic heterocycles. The maximum absolute atomic E-state index is 13.8. The maximum atomic E-state index is 13.8. The standard InChI is InChI=1S/C20H15F3N2.C10H10ClNO3/c21-20(22,23)18(17-7-3-4-10-25-17)15-9-8-14-13-6-2-1-5-12(13)11-16(14)19(15)24;11-7-4-12-8(10(13)14)3-9(7)15-5-6-1-2-6/h1-10,18H,11,24H2;3-4,6H,1-2,5H2,(H,13,14)/t18-;/m1./s1. The SMILES string of the molecule is Nc1c([C@H](c2ccccn2)C(F)(F)F)ccc2c1Cc1ccccc1-2.O=C(O)c1cc(OCC2CC2)c(Cl)cn1. The Labute approximate surface area is 233 Å². The Hall–Kier alpha value is -4.11. The van der Waals surface area contributed by atoms with Crippen molar-refractivity contribution in [2.24, 2.45) is 5.92 Å². The van der Waals surface area contributed by atoms with Gasteiger partial charge in [0.05, 0.1) is 18.5 Å². The number of alkyl halides is 3. The molecule has 40 heavy (non-hydrogen) atoms. The van der Waals surface area contributed by atoms with Crippen LogP contribution >= 0.6 is 11.6 Å². The predicted molar refractivity (Wildman–Crippen MR) is 146 cm³/mol. The van der Waals surface area contributed by atoms with E-state index in [9.17, 15) is 18.0 Å². The van der Waals surface area contributed by atoms with Gasteiger partial charge in [0.2, 0.25) is 0 Å². The molecule has 2 aliphatic carbocycles. The van der Waals surface area contributed by atoms with Crippen LogP contribution in [-0.4, -0.2) is 33.8 Å². The molecular formula is C30H25ClF3N3O3. The van der Waals surface area contributed by atoms with Crippen molar-refractivity contribution in [2.75, 3.05) is 12.3 Å². The first-order chi connectivity index (χ1) is 19.1. The van der Waals surface area contributed by atoms with Crippen molar-refractivity contribution in [3.05, 3.63) is 106 Å². The molecule has 3 N–H and O–H groups in total. The Bertz CT molecular complexity index is 1540. The Morgan fingerprint density at radius 1 is 1.07 bits per heavy atom. The van der Waals surface area contributed by atoms with Crippen LogP contribution < -0.4 is 10.5 Å². The highest BCUT2D eigenvalue weighted by atomic mass is 35.5. The first-order valence-corrected chi connectivity index (χ1v) is 13.0. The number of hydrogen-bond donors (Lipinski definition) is 2. The van der Waals surface area contributed by atoms with Gasteiger partial charge in [-0.1, -0.05) is 54.1 Å². The second-order valence-corrected chi connectivity index (χ2v) is 10.1. The molecule has 0 bridgehead atoms. The van der Waals surface area contributed by atoms with Crippen molar-refractivity contribution in [2.45, 2.75) is 31.4 Å². The highest BCUT2D eigenvalue weighted by molar-refractivity contribution is 6.32. The van der Waals surface area contributed by atoms with Crippen LogP contribution in [0.5, 0.6) is 5.75 Å². The number of nitrogens with zero attached hydrogens (tertiary/aromatic N) is 2. The van der Waals surface area contributed by atoms with Crippen molar-refractivity contribution in [1.82, 2.24) is 9.97 Å². The number of ether oxygens (including phenoxy) is 1. The van der Waals surface area contributed by atoms with E-state index >= 15 is 0 Å². The molecule has 2 aromatic carbocycles. The quantitative estimate of drug-likeness (QED) is 0.211. The molecule has 2 aromatic heterocycles. The van der Waals surface area contributed by atoms with E-state index in [4.69, 9.17) is 27.2 Å². The minimum Gasteiger partial charge on any atom is -0.492 e. The lowest BCUT2D eigenvalue weighted by atomic mass is 9.89. The van der Waals surface area contributed by atoms with Crippen LogP contribution in [0.25, 0.3) is 11.1 Å². The van der Waals surface area contributed by atoms with Gasteiger partial charge in [0.1, 0.15) is 16.7 Å². The second-order valence-electron chi connectivity index (χ2n) is 9.72. The number of nitrogen functional groups attached to an aromatic ring is 1. The predicted octanol–water partition coefficient (Wildman–Crippen LogP) is 7.15. The van der Waals surface area contributed by atoms with Crippen molar-refractivity contribution in [3.63, 3.8) is 0 Å². The Morgan fingerprint density at radius 2 is 1.82 bits per heavy atom. The van der Waals surface area contributed by atoms with Crippen molar-refractivity contribution < 1.29 is 27.8 Å². The van der Waals surface area contributed by atoms with Gasteiger partial charge in [-0.25, -0.2) is 9.78 Å². The molecule has 0 amide bonds. The van der Waals surface area contributed by atoms with Gasteiger partial charge < -0.3 is 15.6 Å². The fourth-order valence-electron chi connectivity index (χ4n) is 4.69. The van der Waals surface area contributed by atoms with E-state index in [2.05, 4.69) is 9.97 Å². The largest absolute Gasteiger partial charge is 0.492 e. The average molecular weight is 568 g/mol. The van der Waals surface area contributed by atoms with Crippen LogP contribution in [0.2, 0.25) is 5.02 Å². The number of aromatic nitrogens is 2. The van der Waals surface area contributed by atoms with Crippen LogP contribution in [0.4, 0.5) is 18.9 Å². The number of carboxylic acids is 1. The molecular weight excluding hydrogens is 543 g/mol. The van der Waals surface area contributed by atoms with Gasteiger partial charge in [0, 0.05) is 24.4 Å². The van der Waals surface area contributed by atoms with Crippen LogP contribution in [0.15, 0.2) is 73.1 Å².